The number of fused-ring (bicyclic) bond motifs is 1. The van der Waals surface area contributed by atoms with Crippen LogP contribution in [0, 0.1) is 6.92 Å². The van der Waals surface area contributed by atoms with Gasteiger partial charge < -0.3 is 0 Å². The molecule has 0 atom stereocenters. The van der Waals surface area contributed by atoms with Gasteiger partial charge in [0.05, 0.1) is 0 Å². The molecule has 0 radical (unpaired) electrons. The molecule has 0 aromatic heterocycles. The molecule has 0 aliphatic heterocycles. The average molecular weight is 284 g/mol. The van der Waals surface area contributed by atoms with E-state index >= 15 is 0 Å². The molecule has 0 nitrogen and oxygen atoms in total. The normalized spacial score (nSPS) is 25.6. The topological polar surface area (TPSA) is 0 Å². The van der Waals surface area contributed by atoms with E-state index in [1.165, 1.54) is 44.1 Å². The van der Waals surface area contributed by atoms with Crippen molar-refractivity contribution in [3.8, 4) is 0 Å². The van der Waals surface area contributed by atoms with Crippen molar-refractivity contribution >= 4 is 0 Å². The molecule has 0 heteroatoms. The first-order valence-corrected chi connectivity index (χ1v) is 8.82. The van der Waals surface area contributed by atoms with Gasteiger partial charge in [0.15, 0.2) is 0 Å². The van der Waals surface area contributed by atoms with Gasteiger partial charge in [-0.05, 0) is 71.1 Å². The highest BCUT2D eigenvalue weighted by molar-refractivity contribution is 5.49. The van der Waals surface area contributed by atoms with Crippen molar-refractivity contribution in [2.45, 2.75) is 96.3 Å². The summed E-state index contributed by atoms with van der Waals surface area (Å²) < 4.78 is 0. The Kier molecular flexibility index (Phi) is 3.32. The first-order valence-electron chi connectivity index (χ1n) is 8.82. The third-order valence-corrected chi connectivity index (χ3v) is 6.56. The van der Waals surface area contributed by atoms with Crippen molar-refractivity contribution in [3.05, 3.63) is 34.4 Å². The first-order chi connectivity index (χ1) is 9.66. The molecule has 1 saturated carbocycles. The molecule has 2 aliphatic rings. The Morgan fingerprint density at radius 2 is 1.14 bits per heavy atom. The quantitative estimate of drug-likeness (QED) is 0.578. The van der Waals surface area contributed by atoms with Crippen molar-refractivity contribution < 1.29 is 0 Å². The highest BCUT2D eigenvalue weighted by atomic mass is 14.4. The summed E-state index contributed by atoms with van der Waals surface area (Å²) >= 11 is 0. The van der Waals surface area contributed by atoms with Gasteiger partial charge in [-0.15, -0.1) is 0 Å². The summed E-state index contributed by atoms with van der Waals surface area (Å²) in [6.07, 6.45) is 8.17. The van der Waals surface area contributed by atoms with Crippen molar-refractivity contribution in [1.29, 1.82) is 0 Å². The van der Waals surface area contributed by atoms with Crippen LogP contribution in [0.5, 0.6) is 0 Å². The van der Waals surface area contributed by atoms with Crippen LogP contribution in [0.15, 0.2) is 12.1 Å². The first kappa shape index (κ1) is 15.1. The summed E-state index contributed by atoms with van der Waals surface area (Å²) in [4.78, 5) is 0. The molecule has 2 aliphatic carbocycles. The molecule has 1 aromatic carbocycles. The Bertz CT molecular complexity index is 554. The van der Waals surface area contributed by atoms with Gasteiger partial charge in [-0.2, -0.15) is 0 Å². The predicted molar refractivity (Wildman–Crippen MR) is 92.3 cm³/mol. The van der Waals surface area contributed by atoms with Crippen LogP contribution in [0.25, 0.3) is 0 Å². The highest BCUT2D eigenvalue weighted by Crippen LogP contribution is 2.49. The van der Waals surface area contributed by atoms with E-state index in [1.54, 1.807) is 16.7 Å². The van der Waals surface area contributed by atoms with Gasteiger partial charge in [0.25, 0.3) is 0 Å². The lowest BCUT2D eigenvalue weighted by atomic mass is 9.61. The molecule has 0 saturated heterocycles. The predicted octanol–water partition coefficient (Wildman–Crippen LogP) is 6.18. The van der Waals surface area contributed by atoms with E-state index < -0.39 is 0 Å². The van der Waals surface area contributed by atoms with Crippen LogP contribution in [0.2, 0.25) is 0 Å². The standard InChI is InChI=1S/C21H32/c1-15-13-17-18(20(4,5)12-11-19(17,2)3)14-16(15)21(6)9-7-8-10-21/h13-14H,7-12H2,1-6H3. The lowest BCUT2D eigenvalue weighted by Crippen LogP contribution is -2.35. The second kappa shape index (κ2) is 4.61. The van der Waals surface area contributed by atoms with Crippen molar-refractivity contribution in [3.63, 3.8) is 0 Å². The summed E-state index contributed by atoms with van der Waals surface area (Å²) in [5.41, 5.74) is 7.52. The van der Waals surface area contributed by atoms with Crippen molar-refractivity contribution in [2.24, 2.45) is 0 Å². The summed E-state index contributed by atoms with van der Waals surface area (Å²) in [5, 5.41) is 0. The van der Waals surface area contributed by atoms with E-state index in [0.717, 1.165) is 0 Å². The van der Waals surface area contributed by atoms with Crippen molar-refractivity contribution in [2.75, 3.05) is 0 Å². The average Bonchev–Trinajstić information content (AvgIpc) is 2.83. The minimum Gasteiger partial charge on any atom is -0.0558 e. The molecule has 3 rings (SSSR count). The lowest BCUT2D eigenvalue weighted by Gasteiger charge is -2.43. The van der Waals surface area contributed by atoms with E-state index in [0.29, 0.717) is 16.2 Å². The van der Waals surface area contributed by atoms with E-state index in [9.17, 15) is 0 Å². The highest BCUT2D eigenvalue weighted by Gasteiger charge is 2.39. The van der Waals surface area contributed by atoms with E-state index in [2.05, 4.69) is 53.7 Å². The SMILES string of the molecule is Cc1cc2c(cc1C1(C)CCCC1)C(C)(C)CCC2(C)C. The zero-order valence-corrected chi connectivity index (χ0v) is 14.9. The van der Waals surface area contributed by atoms with Crippen LogP contribution in [0.1, 0.15) is 95.4 Å². The Morgan fingerprint density at radius 1 is 0.667 bits per heavy atom. The van der Waals surface area contributed by atoms with Crippen LogP contribution < -0.4 is 0 Å². The zero-order chi connectivity index (χ0) is 15.5. The van der Waals surface area contributed by atoms with E-state index in [4.69, 9.17) is 0 Å². The van der Waals surface area contributed by atoms with E-state index in [1.807, 2.05) is 0 Å². The third-order valence-electron chi connectivity index (χ3n) is 6.56. The van der Waals surface area contributed by atoms with Crippen LogP contribution in [-0.4, -0.2) is 0 Å². The van der Waals surface area contributed by atoms with Gasteiger partial charge in [0, 0.05) is 0 Å². The maximum Gasteiger partial charge on any atom is -0.00725 e. The summed E-state index contributed by atoms with van der Waals surface area (Å²) in [5.74, 6) is 0. The fourth-order valence-corrected chi connectivity index (χ4v) is 4.80. The number of hydrogen-bond acceptors (Lipinski definition) is 0. The Labute approximate surface area is 131 Å². The molecule has 0 spiro atoms. The molecule has 1 fully saturated rings. The zero-order valence-electron chi connectivity index (χ0n) is 14.9. The monoisotopic (exact) mass is 284 g/mol. The maximum atomic E-state index is 2.61. The fraction of sp³-hybridized carbons (Fsp3) is 0.714. The van der Waals surface area contributed by atoms with Gasteiger partial charge >= 0.3 is 0 Å². The molecule has 0 amide bonds. The van der Waals surface area contributed by atoms with Gasteiger partial charge in [0.2, 0.25) is 0 Å². The molecule has 0 heterocycles. The smallest absolute Gasteiger partial charge is 0.00725 e. The molecule has 21 heavy (non-hydrogen) atoms. The molecular formula is C21H32. The fourth-order valence-electron chi connectivity index (χ4n) is 4.80. The Morgan fingerprint density at radius 3 is 1.67 bits per heavy atom. The molecule has 0 unspecified atom stereocenters. The lowest BCUT2D eigenvalue weighted by molar-refractivity contribution is 0.330. The summed E-state index contributed by atoms with van der Waals surface area (Å²) in [7, 11) is 0. The number of rotatable bonds is 1. The molecule has 1 aromatic rings. The van der Waals surface area contributed by atoms with Crippen molar-refractivity contribution in [1.82, 2.24) is 0 Å². The molecule has 116 valence electrons. The second-order valence-electron chi connectivity index (χ2n) is 9.25. The van der Waals surface area contributed by atoms with Crippen LogP contribution >= 0.6 is 0 Å². The minimum atomic E-state index is 0.336. The van der Waals surface area contributed by atoms with E-state index in [-0.39, 0.29) is 0 Å². The van der Waals surface area contributed by atoms with Gasteiger partial charge in [-0.1, -0.05) is 59.6 Å². The van der Waals surface area contributed by atoms with Crippen LogP contribution in [0.3, 0.4) is 0 Å². The van der Waals surface area contributed by atoms with Crippen LogP contribution in [0.4, 0.5) is 0 Å². The van der Waals surface area contributed by atoms with Gasteiger partial charge in [0.1, 0.15) is 0 Å². The number of aryl methyl sites for hydroxylation is 1. The Hall–Kier alpha value is -0.780. The minimum absolute atomic E-state index is 0.336. The van der Waals surface area contributed by atoms with Gasteiger partial charge in [-0.3, -0.25) is 0 Å². The number of benzene rings is 1. The summed E-state index contributed by atoms with van der Waals surface area (Å²) in [6, 6.07) is 5.14. The second-order valence-corrected chi connectivity index (χ2v) is 9.25. The number of hydrogen-bond donors (Lipinski definition) is 0. The largest absolute Gasteiger partial charge is 0.0558 e. The molecule has 0 N–H and O–H groups in total. The molecular weight excluding hydrogens is 252 g/mol. The Balaban J connectivity index is 2.19. The third kappa shape index (κ3) is 2.35. The van der Waals surface area contributed by atoms with Crippen LogP contribution in [-0.2, 0) is 16.2 Å². The molecule has 0 bridgehead atoms. The summed E-state index contributed by atoms with van der Waals surface area (Å²) in [6.45, 7) is 14.6. The van der Waals surface area contributed by atoms with Gasteiger partial charge in [-0.25, -0.2) is 0 Å². The maximum absolute atomic E-state index is 2.61.